The molecule has 2 aromatic heterocycles. The standard InChI is InChI=1S/C25H23N5O7S/c1-5-23(31)29-13-16-11-26-30(18(16)14-29)12-15-8-20(36-4)24-21(9-15)37-27-25(24)28-38(32,33)22-10-17(34-2)6-7-19(22)35-3/h1,6-11H,12-14H2,2-4H3,(H,27,28). The number of anilines is 1. The van der Waals surface area contributed by atoms with E-state index in [0.717, 1.165) is 16.8 Å². The summed E-state index contributed by atoms with van der Waals surface area (Å²) in [6.07, 6.45) is 6.97. The van der Waals surface area contributed by atoms with Crippen LogP contribution in [0.4, 0.5) is 5.82 Å². The Morgan fingerprint density at radius 2 is 1.92 bits per heavy atom. The van der Waals surface area contributed by atoms with E-state index in [0.29, 0.717) is 42.1 Å². The molecule has 13 heteroatoms. The second kappa shape index (κ2) is 9.64. The Bertz CT molecular complexity index is 1700. The molecule has 0 unspecified atom stereocenters. The van der Waals surface area contributed by atoms with E-state index in [2.05, 4.69) is 20.9 Å². The van der Waals surface area contributed by atoms with Crippen LogP contribution in [0.25, 0.3) is 11.0 Å². The number of carbonyl (C=O) groups excluding carboxylic acids is 1. The molecule has 1 aliphatic rings. The Hall–Kier alpha value is -4.70. The van der Waals surface area contributed by atoms with Gasteiger partial charge >= 0.3 is 0 Å². The van der Waals surface area contributed by atoms with Crippen molar-refractivity contribution in [2.75, 3.05) is 26.1 Å². The molecule has 0 bridgehead atoms. The summed E-state index contributed by atoms with van der Waals surface area (Å²) >= 11 is 0. The fourth-order valence-electron chi connectivity index (χ4n) is 4.34. The minimum absolute atomic E-state index is 0.0447. The van der Waals surface area contributed by atoms with Crippen molar-refractivity contribution in [2.45, 2.75) is 24.5 Å². The van der Waals surface area contributed by atoms with E-state index in [1.54, 1.807) is 34.0 Å². The van der Waals surface area contributed by atoms with Crippen LogP contribution in [0.15, 0.2) is 45.9 Å². The summed E-state index contributed by atoms with van der Waals surface area (Å²) in [5.41, 5.74) is 2.88. The van der Waals surface area contributed by atoms with Crippen LogP contribution in [0, 0.1) is 12.3 Å². The Morgan fingerprint density at radius 3 is 2.63 bits per heavy atom. The van der Waals surface area contributed by atoms with Crippen LogP contribution >= 0.6 is 0 Å². The minimum atomic E-state index is -4.14. The summed E-state index contributed by atoms with van der Waals surface area (Å²) in [7, 11) is 0.127. The summed E-state index contributed by atoms with van der Waals surface area (Å²) < 4.78 is 52.2. The molecule has 38 heavy (non-hydrogen) atoms. The highest BCUT2D eigenvalue weighted by molar-refractivity contribution is 7.92. The van der Waals surface area contributed by atoms with Crippen molar-refractivity contribution in [2.24, 2.45) is 0 Å². The molecule has 1 N–H and O–H groups in total. The number of fused-ring (bicyclic) bond motifs is 2. The van der Waals surface area contributed by atoms with E-state index in [1.807, 2.05) is 0 Å². The number of ether oxygens (including phenoxy) is 3. The van der Waals surface area contributed by atoms with E-state index in [1.165, 1.54) is 33.5 Å². The van der Waals surface area contributed by atoms with Crippen molar-refractivity contribution < 1.29 is 31.9 Å². The van der Waals surface area contributed by atoms with Crippen molar-refractivity contribution in [1.82, 2.24) is 19.8 Å². The van der Waals surface area contributed by atoms with Gasteiger partial charge in [-0.05, 0) is 35.7 Å². The molecule has 1 amide bonds. The van der Waals surface area contributed by atoms with Crippen LogP contribution in [0.3, 0.4) is 0 Å². The fraction of sp³-hybridized carbons (Fsp3) is 0.240. The van der Waals surface area contributed by atoms with Gasteiger partial charge in [0.25, 0.3) is 15.9 Å². The van der Waals surface area contributed by atoms with Gasteiger partial charge in [-0.3, -0.25) is 14.2 Å². The fourth-order valence-corrected chi connectivity index (χ4v) is 5.53. The summed E-state index contributed by atoms with van der Waals surface area (Å²) in [6.45, 7) is 1.12. The lowest BCUT2D eigenvalue weighted by Gasteiger charge is -2.13. The summed E-state index contributed by atoms with van der Waals surface area (Å²) in [6, 6.07) is 7.90. The predicted molar refractivity (Wildman–Crippen MR) is 135 cm³/mol. The first-order valence-corrected chi connectivity index (χ1v) is 12.8. The van der Waals surface area contributed by atoms with Crippen LogP contribution in [-0.4, -0.2) is 55.5 Å². The number of terminal acetylenes is 1. The number of aromatic nitrogens is 3. The highest BCUT2D eigenvalue weighted by Crippen LogP contribution is 2.36. The SMILES string of the molecule is C#CC(=O)N1Cc2cnn(Cc3cc(OC)c4c(NS(=O)(=O)c5cc(OC)ccc5OC)noc4c3)c2C1. The number of sulfonamides is 1. The highest BCUT2D eigenvalue weighted by Gasteiger charge is 2.28. The van der Waals surface area contributed by atoms with Crippen LogP contribution in [-0.2, 0) is 34.5 Å². The molecule has 4 aromatic rings. The molecule has 12 nitrogen and oxygen atoms in total. The Labute approximate surface area is 218 Å². The molecule has 0 aliphatic carbocycles. The van der Waals surface area contributed by atoms with Crippen LogP contribution in [0.1, 0.15) is 16.8 Å². The number of rotatable bonds is 8. The van der Waals surface area contributed by atoms with Gasteiger partial charge in [0.2, 0.25) is 0 Å². The maximum atomic E-state index is 13.3. The first kappa shape index (κ1) is 25.0. The number of methoxy groups -OCH3 is 3. The summed E-state index contributed by atoms with van der Waals surface area (Å²) in [4.78, 5) is 13.3. The Morgan fingerprint density at radius 1 is 1.13 bits per heavy atom. The molecule has 0 saturated heterocycles. The molecule has 2 aromatic carbocycles. The number of hydrogen-bond acceptors (Lipinski definition) is 9. The molecular weight excluding hydrogens is 514 g/mol. The zero-order chi connectivity index (χ0) is 27.0. The topological polar surface area (TPSA) is 138 Å². The lowest BCUT2D eigenvalue weighted by molar-refractivity contribution is -0.125. The van der Waals surface area contributed by atoms with Gasteiger partial charge in [-0.25, -0.2) is 8.42 Å². The number of benzene rings is 2. The molecular formula is C25H23N5O7S. The van der Waals surface area contributed by atoms with Gasteiger partial charge in [0.15, 0.2) is 11.4 Å². The smallest absolute Gasteiger partial charge is 0.298 e. The van der Waals surface area contributed by atoms with E-state index >= 15 is 0 Å². The minimum Gasteiger partial charge on any atom is -0.497 e. The second-order valence-electron chi connectivity index (χ2n) is 8.40. The van der Waals surface area contributed by atoms with Gasteiger partial charge in [-0.15, -0.1) is 6.42 Å². The lowest BCUT2D eigenvalue weighted by Crippen LogP contribution is -2.24. The van der Waals surface area contributed by atoms with Gasteiger partial charge in [0.1, 0.15) is 27.5 Å². The van der Waals surface area contributed by atoms with Crippen LogP contribution in [0.5, 0.6) is 17.2 Å². The first-order valence-electron chi connectivity index (χ1n) is 11.3. The zero-order valence-electron chi connectivity index (χ0n) is 20.7. The molecule has 3 heterocycles. The van der Waals surface area contributed by atoms with Gasteiger partial charge in [-0.2, -0.15) is 5.10 Å². The van der Waals surface area contributed by atoms with Gasteiger partial charge in [-0.1, -0.05) is 5.16 Å². The normalized spacial score (nSPS) is 12.7. The number of nitrogens with one attached hydrogen (secondary N) is 1. The van der Waals surface area contributed by atoms with Gasteiger partial charge < -0.3 is 23.6 Å². The predicted octanol–water partition coefficient (Wildman–Crippen LogP) is 2.37. The number of carbonyl (C=O) groups is 1. The van der Waals surface area contributed by atoms with Crippen molar-refractivity contribution >= 4 is 32.7 Å². The highest BCUT2D eigenvalue weighted by atomic mass is 32.2. The molecule has 0 radical (unpaired) electrons. The monoisotopic (exact) mass is 537 g/mol. The largest absolute Gasteiger partial charge is 0.497 e. The number of nitrogens with zero attached hydrogens (tertiary/aromatic N) is 4. The Kier molecular flexibility index (Phi) is 6.33. The van der Waals surface area contributed by atoms with E-state index in [9.17, 15) is 13.2 Å². The molecule has 0 fully saturated rings. The molecule has 5 rings (SSSR count). The van der Waals surface area contributed by atoms with Crippen LogP contribution in [0.2, 0.25) is 0 Å². The number of hydrogen-bond donors (Lipinski definition) is 1. The maximum absolute atomic E-state index is 13.3. The third-order valence-electron chi connectivity index (χ3n) is 6.19. The van der Waals surface area contributed by atoms with E-state index in [-0.39, 0.29) is 22.4 Å². The quantitative estimate of drug-likeness (QED) is 0.336. The average Bonchev–Trinajstić information content (AvgIpc) is 3.63. The summed E-state index contributed by atoms with van der Waals surface area (Å²) in [5, 5.41) is 8.72. The van der Waals surface area contributed by atoms with Gasteiger partial charge in [0.05, 0.1) is 52.9 Å². The molecule has 0 saturated carbocycles. The van der Waals surface area contributed by atoms with Crippen LogP contribution < -0.4 is 18.9 Å². The molecule has 1 aliphatic heterocycles. The lowest BCUT2D eigenvalue weighted by atomic mass is 10.1. The van der Waals surface area contributed by atoms with E-state index in [4.69, 9.17) is 25.2 Å². The number of amides is 1. The molecule has 196 valence electrons. The first-order chi connectivity index (χ1) is 18.3. The van der Waals surface area contributed by atoms with Crippen molar-refractivity contribution in [3.05, 3.63) is 53.3 Å². The van der Waals surface area contributed by atoms with Crippen molar-refractivity contribution in [3.8, 4) is 29.6 Å². The second-order valence-corrected chi connectivity index (χ2v) is 10.1. The molecule has 0 spiro atoms. The van der Waals surface area contributed by atoms with Crippen molar-refractivity contribution in [3.63, 3.8) is 0 Å². The third-order valence-corrected chi connectivity index (χ3v) is 7.55. The third kappa shape index (κ3) is 4.35. The summed E-state index contributed by atoms with van der Waals surface area (Å²) in [5.74, 6) is 2.54. The molecule has 0 atom stereocenters. The maximum Gasteiger partial charge on any atom is 0.298 e. The average molecular weight is 538 g/mol. The Balaban J connectivity index is 1.46. The van der Waals surface area contributed by atoms with Crippen molar-refractivity contribution in [1.29, 1.82) is 0 Å². The zero-order valence-corrected chi connectivity index (χ0v) is 21.5. The van der Waals surface area contributed by atoms with Gasteiger partial charge in [0, 0.05) is 11.6 Å². The van der Waals surface area contributed by atoms with E-state index < -0.39 is 10.0 Å².